The summed E-state index contributed by atoms with van der Waals surface area (Å²) < 4.78 is 6.46. The van der Waals surface area contributed by atoms with Gasteiger partial charge in [0, 0.05) is 6.04 Å². The van der Waals surface area contributed by atoms with E-state index in [1.807, 2.05) is 25.1 Å². The van der Waals surface area contributed by atoms with Gasteiger partial charge in [0.1, 0.15) is 5.75 Å². The van der Waals surface area contributed by atoms with E-state index in [2.05, 4.69) is 55.9 Å². The largest absolute Gasteiger partial charge is 0.483 e. The quantitative estimate of drug-likeness (QED) is 0.855. The van der Waals surface area contributed by atoms with Gasteiger partial charge >= 0.3 is 0 Å². The topological polar surface area (TPSA) is 38.3 Å². The first-order valence-corrected chi connectivity index (χ1v) is 8.12. The predicted molar refractivity (Wildman–Crippen MR) is 90.8 cm³/mol. The number of carbonyl (C=O) groups is 1. The van der Waals surface area contributed by atoms with Crippen molar-refractivity contribution in [2.75, 3.05) is 6.61 Å². The van der Waals surface area contributed by atoms with Gasteiger partial charge in [-0.2, -0.15) is 0 Å². The van der Waals surface area contributed by atoms with Crippen molar-refractivity contribution in [3.05, 3.63) is 28.2 Å². The van der Waals surface area contributed by atoms with Crippen molar-refractivity contribution in [3.8, 4) is 5.75 Å². The molecule has 4 heteroatoms. The van der Waals surface area contributed by atoms with E-state index in [0.717, 1.165) is 4.47 Å². The molecule has 0 aliphatic heterocycles. The van der Waals surface area contributed by atoms with Crippen LogP contribution in [0.15, 0.2) is 22.7 Å². The molecule has 21 heavy (non-hydrogen) atoms. The molecule has 1 rings (SSSR count). The Morgan fingerprint density at radius 1 is 1.29 bits per heavy atom. The molecule has 1 N–H and O–H groups in total. The van der Waals surface area contributed by atoms with Crippen LogP contribution in [-0.2, 0) is 10.2 Å². The van der Waals surface area contributed by atoms with Crippen LogP contribution in [0, 0.1) is 5.92 Å². The third-order valence-electron chi connectivity index (χ3n) is 3.55. The van der Waals surface area contributed by atoms with Gasteiger partial charge in [0.2, 0.25) is 0 Å². The number of halogens is 1. The van der Waals surface area contributed by atoms with Crippen molar-refractivity contribution in [1.82, 2.24) is 5.32 Å². The normalized spacial score (nSPS) is 13.1. The summed E-state index contributed by atoms with van der Waals surface area (Å²) in [5, 5.41) is 2.93. The summed E-state index contributed by atoms with van der Waals surface area (Å²) in [7, 11) is 0. The predicted octanol–water partition coefficient (Wildman–Crippen LogP) is 4.29. The molecule has 0 aromatic heterocycles. The Balaban J connectivity index is 2.62. The average Bonchev–Trinajstić information content (AvgIpc) is 2.35. The lowest BCUT2D eigenvalue weighted by Crippen LogP contribution is -2.38. The summed E-state index contributed by atoms with van der Waals surface area (Å²) in [6.45, 7) is 12.7. The highest BCUT2D eigenvalue weighted by Gasteiger charge is 2.16. The van der Waals surface area contributed by atoms with E-state index in [9.17, 15) is 4.79 Å². The molecule has 0 saturated carbocycles. The number of hydrogen-bond acceptors (Lipinski definition) is 2. The Morgan fingerprint density at radius 2 is 1.90 bits per heavy atom. The van der Waals surface area contributed by atoms with Crippen LogP contribution < -0.4 is 10.1 Å². The fraction of sp³-hybridized carbons (Fsp3) is 0.588. The standard InChI is InChI=1S/C17H26BrNO2/c1-11(2)12(3)19-16(20)10-21-15-8-7-13(9-14(15)18)17(4,5)6/h7-9,11-12H,10H2,1-6H3,(H,19,20)/t12-/m1/s1. The average molecular weight is 356 g/mol. The minimum Gasteiger partial charge on any atom is -0.483 e. The van der Waals surface area contributed by atoms with Crippen molar-refractivity contribution in [3.63, 3.8) is 0 Å². The van der Waals surface area contributed by atoms with Crippen LogP contribution in [0.1, 0.15) is 47.1 Å². The Bertz CT molecular complexity index is 492. The third kappa shape index (κ3) is 5.70. The van der Waals surface area contributed by atoms with Gasteiger partial charge < -0.3 is 10.1 Å². The Kier molecular flexibility index (Phi) is 6.26. The zero-order valence-electron chi connectivity index (χ0n) is 13.8. The van der Waals surface area contributed by atoms with Crippen molar-refractivity contribution in [2.24, 2.45) is 5.92 Å². The van der Waals surface area contributed by atoms with Gasteiger partial charge in [-0.05, 0) is 51.9 Å². The zero-order valence-corrected chi connectivity index (χ0v) is 15.4. The summed E-state index contributed by atoms with van der Waals surface area (Å²) in [5.74, 6) is 1.00. The monoisotopic (exact) mass is 355 g/mol. The molecule has 1 amide bonds. The van der Waals surface area contributed by atoms with Crippen molar-refractivity contribution in [1.29, 1.82) is 0 Å². The number of hydrogen-bond donors (Lipinski definition) is 1. The van der Waals surface area contributed by atoms with Crippen LogP contribution in [0.4, 0.5) is 0 Å². The first kappa shape index (κ1) is 18.0. The molecule has 0 aliphatic carbocycles. The lowest BCUT2D eigenvalue weighted by molar-refractivity contribution is -0.124. The molecule has 1 atom stereocenters. The van der Waals surface area contributed by atoms with Crippen molar-refractivity contribution < 1.29 is 9.53 Å². The molecular weight excluding hydrogens is 330 g/mol. The summed E-state index contributed by atoms with van der Waals surface area (Å²) in [6, 6.07) is 6.13. The highest BCUT2D eigenvalue weighted by Crippen LogP contribution is 2.31. The van der Waals surface area contributed by atoms with Gasteiger partial charge in [-0.3, -0.25) is 4.79 Å². The van der Waals surface area contributed by atoms with E-state index in [0.29, 0.717) is 11.7 Å². The van der Waals surface area contributed by atoms with Gasteiger partial charge in [-0.1, -0.05) is 40.7 Å². The summed E-state index contributed by atoms with van der Waals surface area (Å²) in [4.78, 5) is 11.8. The first-order chi connectivity index (χ1) is 9.61. The number of benzene rings is 1. The highest BCUT2D eigenvalue weighted by atomic mass is 79.9. The number of ether oxygens (including phenoxy) is 1. The second-order valence-corrected chi connectivity index (χ2v) is 7.64. The number of rotatable bonds is 5. The van der Waals surface area contributed by atoms with Gasteiger partial charge in [0.05, 0.1) is 4.47 Å². The van der Waals surface area contributed by atoms with Gasteiger partial charge in [-0.25, -0.2) is 0 Å². The number of nitrogens with one attached hydrogen (secondary N) is 1. The fourth-order valence-corrected chi connectivity index (χ4v) is 2.18. The molecule has 0 bridgehead atoms. The Hall–Kier alpha value is -1.03. The van der Waals surface area contributed by atoms with Crippen LogP contribution in [0.25, 0.3) is 0 Å². The number of carbonyl (C=O) groups excluding carboxylic acids is 1. The van der Waals surface area contributed by atoms with Gasteiger partial charge in [0.25, 0.3) is 5.91 Å². The summed E-state index contributed by atoms with van der Waals surface area (Å²) in [5.41, 5.74) is 1.31. The second kappa shape index (κ2) is 7.30. The van der Waals surface area contributed by atoms with Gasteiger partial charge in [0.15, 0.2) is 6.61 Å². The van der Waals surface area contributed by atoms with E-state index < -0.39 is 0 Å². The molecule has 3 nitrogen and oxygen atoms in total. The van der Waals surface area contributed by atoms with Crippen LogP contribution in [-0.4, -0.2) is 18.6 Å². The molecule has 0 spiro atoms. The molecule has 0 aliphatic rings. The lowest BCUT2D eigenvalue weighted by Gasteiger charge is -2.20. The Morgan fingerprint density at radius 3 is 2.38 bits per heavy atom. The molecular formula is C17H26BrNO2. The molecule has 0 radical (unpaired) electrons. The van der Waals surface area contributed by atoms with Crippen LogP contribution in [0.3, 0.4) is 0 Å². The molecule has 1 aromatic carbocycles. The number of amides is 1. The van der Waals surface area contributed by atoms with Crippen LogP contribution in [0.5, 0.6) is 5.75 Å². The second-order valence-electron chi connectivity index (χ2n) is 6.78. The lowest BCUT2D eigenvalue weighted by atomic mass is 9.87. The van der Waals surface area contributed by atoms with E-state index in [1.54, 1.807) is 0 Å². The third-order valence-corrected chi connectivity index (χ3v) is 4.17. The molecule has 118 valence electrons. The first-order valence-electron chi connectivity index (χ1n) is 7.33. The molecule has 0 heterocycles. The molecule has 0 fully saturated rings. The van der Waals surface area contributed by atoms with Crippen molar-refractivity contribution in [2.45, 2.75) is 53.0 Å². The van der Waals surface area contributed by atoms with E-state index in [-0.39, 0.29) is 24.0 Å². The maximum atomic E-state index is 11.8. The summed E-state index contributed by atoms with van der Waals surface area (Å²) in [6.07, 6.45) is 0. The van der Waals surface area contributed by atoms with E-state index >= 15 is 0 Å². The highest BCUT2D eigenvalue weighted by molar-refractivity contribution is 9.10. The van der Waals surface area contributed by atoms with Crippen LogP contribution in [0.2, 0.25) is 0 Å². The van der Waals surface area contributed by atoms with Crippen molar-refractivity contribution >= 4 is 21.8 Å². The fourth-order valence-electron chi connectivity index (χ4n) is 1.69. The Labute approximate surface area is 136 Å². The van der Waals surface area contributed by atoms with E-state index in [1.165, 1.54) is 5.56 Å². The maximum Gasteiger partial charge on any atom is 0.258 e. The minimum absolute atomic E-state index is 0.0323. The van der Waals surface area contributed by atoms with Gasteiger partial charge in [-0.15, -0.1) is 0 Å². The van der Waals surface area contributed by atoms with Crippen LogP contribution >= 0.6 is 15.9 Å². The maximum absolute atomic E-state index is 11.8. The summed E-state index contributed by atoms with van der Waals surface area (Å²) >= 11 is 3.51. The zero-order chi connectivity index (χ0) is 16.2. The smallest absolute Gasteiger partial charge is 0.258 e. The van der Waals surface area contributed by atoms with E-state index in [4.69, 9.17) is 4.74 Å². The molecule has 0 unspecified atom stereocenters. The molecule has 0 saturated heterocycles. The minimum atomic E-state index is -0.0944. The molecule has 1 aromatic rings. The SMILES string of the molecule is CC(C)[C@@H](C)NC(=O)COc1ccc(C(C)(C)C)cc1Br.